The number of aromatic nitrogens is 1. The zero-order valence-electron chi connectivity index (χ0n) is 11.9. The van der Waals surface area contributed by atoms with Gasteiger partial charge in [0, 0.05) is 5.02 Å². The molecule has 0 aliphatic carbocycles. The third-order valence-electron chi connectivity index (χ3n) is 3.12. The van der Waals surface area contributed by atoms with Crippen molar-refractivity contribution in [1.82, 2.24) is 4.98 Å². The van der Waals surface area contributed by atoms with Gasteiger partial charge < -0.3 is 9.15 Å². The predicted molar refractivity (Wildman–Crippen MR) is 89.9 cm³/mol. The summed E-state index contributed by atoms with van der Waals surface area (Å²) in [6.07, 6.45) is 1.51. The molecule has 0 saturated carbocycles. The average Bonchev–Trinajstić information content (AvgIpc) is 2.95. The summed E-state index contributed by atoms with van der Waals surface area (Å²) in [6, 6.07) is 9.94. The van der Waals surface area contributed by atoms with Crippen LogP contribution in [0.5, 0.6) is 0 Å². The Morgan fingerprint density at radius 1 is 1.26 bits per heavy atom. The van der Waals surface area contributed by atoms with Crippen LogP contribution >= 0.6 is 23.2 Å². The lowest BCUT2D eigenvalue weighted by Gasteiger charge is -2.00. The van der Waals surface area contributed by atoms with Gasteiger partial charge in [0.2, 0.25) is 5.89 Å². The van der Waals surface area contributed by atoms with E-state index in [1.165, 1.54) is 6.08 Å². The van der Waals surface area contributed by atoms with E-state index in [0.29, 0.717) is 38.2 Å². The van der Waals surface area contributed by atoms with Crippen LogP contribution in [0.25, 0.3) is 22.6 Å². The van der Waals surface area contributed by atoms with Gasteiger partial charge in [0.05, 0.1) is 16.1 Å². The maximum atomic E-state index is 11.9. The zero-order valence-corrected chi connectivity index (χ0v) is 13.4. The molecule has 0 aliphatic rings. The Hall–Kier alpha value is -2.30. The highest BCUT2D eigenvalue weighted by Crippen LogP contribution is 2.32. The van der Waals surface area contributed by atoms with Crippen LogP contribution in [0.1, 0.15) is 10.4 Å². The lowest BCUT2D eigenvalue weighted by Crippen LogP contribution is -2.04. The summed E-state index contributed by atoms with van der Waals surface area (Å²) in [4.78, 5) is 16.2. The largest absolute Gasteiger partial charge is 0.458 e. The van der Waals surface area contributed by atoms with Gasteiger partial charge in [0.25, 0.3) is 0 Å². The Kier molecular flexibility index (Phi) is 4.37. The van der Waals surface area contributed by atoms with Crippen LogP contribution in [-0.2, 0) is 4.74 Å². The van der Waals surface area contributed by atoms with E-state index in [1.807, 2.05) is 0 Å². The van der Waals surface area contributed by atoms with Gasteiger partial charge in [0.15, 0.2) is 5.58 Å². The monoisotopic (exact) mass is 347 g/mol. The van der Waals surface area contributed by atoms with Crippen LogP contribution in [0.15, 0.2) is 53.5 Å². The molecule has 6 heteroatoms. The van der Waals surface area contributed by atoms with Gasteiger partial charge in [0.1, 0.15) is 12.1 Å². The van der Waals surface area contributed by atoms with E-state index in [4.69, 9.17) is 32.4 Å². The van der Waals surface area contributed by atoms with E-state index in [-0.39, 0.29) is 6.61 Å². The Morgan fingerprint density at radius 3 is 2.83 bits per heavy atom. The van der Waals surface area contributed by atoms with Crippen molar-refractivity contribution >= 4 is 40.3 Å². The molecule has 0 amide bonds. The Balaban J connectivity index is 1.99. The minimum absolute atomic E-state index is 0.154. The number of fused-ring (bicyclic) bond motifs is 1. The van der Waals surface area contributed by atoms with E-state index in [2.05, 4.69) is 11.6 Å². The second-order valence-electron chi connectivity index (χ2n) is 4.71. The number of hydrogen-bond acceptors (Lipinski definition) is 4. The third kappa shape index (κ3) is 3.23. The molecule has 1 aromatic heterocycles. The molecule has 0 radical (unpaired) electrons. The van der Waals surface area contributed by atoms with Gasteiger partial charge in [-0.1, -0.05) is 35.9 Å². The smallest absolute Gasteiger partial charge is 0.338 e. The van der Waals surface area contributed by atoms with Crippen molar-refractivity contribution in [3.8, 4) is 11.5 Å². The van der Waals surface area contributed by atoms with Crippen LogP contribution in [-0.4, -0.2) is 17.6 Å². The standard InChI is InChI=1S/C17H11Cl2NO3/c1-2-7-22-17(21)10-3-6-15-14(8-10)20-16(23-15)12-5-4-11(18)9-13(12)19/h2-6,8-9H,1,7H2. The predicted octanol–water partition coefficient (Wildman–Crippen LogP) is 5.14. The third-order valence-corrected chi connectivity index (χ3v) is 3.66. The van der Waals surface area contributed by atoms with E-state index < -0.39 is 5.97 Å². The highest BCUT2D eigenvalue weighted by Gasteiger charge is 2.14. The molecule has 0 aliphatic heterocycles. The van der Waals surface area contributed by atoms with Gasteiger partial charge >= 0.3 is 5.97 Å². The maximum absolute atomic E-state index is 11.9. The topological polar surface area (TPSA) is 52.3 Å². The van der Waals surface area contributed by atoms with Crippen LogP contribution in [0.3, 0.4) is 0 Å². The molecule has 0 spiro atoms. The van der Waals surface area contributed by atoms with Crippen LogP contribution in [0.2, 0.25) is 10.0 Å². The van der Waals surface area contributed by atoms with Gasteiger partial charge in [-0.2, -0.15) is 0 Å². The van der Waals surface area contributed by atoms with Crippen molar-refractivity contribution in [3.05, 3.63) is 64.7 Å². The van der Waals surface area contributed by atoms with Gasteiger partial charge in [-0.3, -0.25) is 0 Å². The fourth-order valence-electron chi connectivity index (χ4n) is 2.05. The zero-order chi connectivity index (χ0) is 16.4. The molecule has 2 aromatic carbocycles. The summed E-state index contributed by atoms with van der Waals surface area (Å²) >= 11 is 12.0. The van der Waals surface area contributed by atoms with Crippen molar-refractivity contribution in [2.75, 3.05) is 6.61 Å². The number of nitrogens with zero attached hydrogens (tertiary/aromatic N) is 1. The molecule has 1 heterocycles. The van der Waals surface area contributed by atoms with Crippen molar-refractivity contribution in [3.63, 3.8) is 0 Å². The Labute approximate surface area is 142 Å². The van der Waals surface area contributed by atoms with Crippen LogP contribution in [0, 0.1) is 0 Å². The Bertz CT molecular complexity index is 902. The van der Waals surface area contributed by atoms with Crippen LogP contribution in [0.4, 0.5) is 0 Å². The summed E-state index contributed by atoms with van der Waals surface area (Å²) in [7, 11) is 0. The van der Waals surface area contributed by atoms with E-state index >= 15 is 0 Å². The number of benzene rings is 2. The Morgan fingerprint density at radius 2 is 2.09 bits per heavy atom. The maximum Gasteiger partial charge on any atom is 0.338 e. The molecule has 0 saturated heterocycles. The number of oxazole rings is 1. The minimum atomic E-state index is -0.444. The molecule has 23 heavy (non-hydrogen) atoms. The lowest BCUT2D eigenvalue weighted by molar-refractivity contribution is 0.0550. The SMILES string of the molecule is C=CCOC(=O)c1ccc2oc(-c3ccc(Cl)cc3Cl)nc2c1. The number of carbonyl (C=O) groups excluding carboxylic acids is 1. The number of ether oxygens (including phenoxy) is 1. The van der Waals surface area contributed by atoms with Crippen molar-refractivity contribution in [2.45, 2.75) is 0 Å². The molecule has 0 unspecified atom stereocenters. The number of rotatable bonds is 4. The fraction of sp³-hybridized carbons (Fsp3) is 0.0588. The number of carbonyl (C=O) groups is 1. The molecule has 4 nitrogen and oxygen atoms in total. The van der Waals surface area contributed by atoms with E-state index in [1.54, 1.807) is 36.4 Å². The normalized spacial score (nSPS) is 10.7. The molecule has 116 valence electrons. The lowest BCUT2D eigenvalue weighted by atomic mass is 10.2. The van der Waals surface area contributed by atoms with Gasteiger partial charge in [-0.15, -0.1) is 0 Å². The van der Waals surface area contributed by atoms with Gasteiger partial charge in [-0.05, 0) is 36.4 Å². The summed E-state index contributed by atoms with van der Waals surface area (Å²) < 4.78 is 10.7. The highest BCUT2D eigenvalue weighted by molar-refractivity contribution is 6.36. The molecule has 3 rings (SSSR count). The number of hydrogen-bond donors (Lipinski definition) is 0. The molecule has 0 atom stereocenters. The van der Waals surface area contributed by atoms with E-state index in [9.17, 15) is 4.79 Å². The fourth-order valence-corrected chi connectivity index (χ4v) is 2.54. The van der Waals surface area contributed by atoms with E-state index in [0.717, 1.165) is 0 Å². The molecular formula is C17H11Cl2NO3. The average molecular weight is 348 g/mol. The quantitative estimate of drug-likeness (QED) is 0.484. The van der Waals surface area contributed by atoms with Crippen LogP contribution < -0.4 is 0 Å². The minimum Gasteiger partial charge on any atom is -0.458 e. The number of esters is 1. The first-order chi connectivity index (χ1) is 11.1. The molecular weight excluding hydrogens is 337 g/mol. The first-order valence-electron chi connectivity index (χ1n) is 6.72. The van der Waals surface area contributed by atoms with Crippen molar-refractivity contribution < 1.29 is 13.9 Å². The highest BCUT2D eigenvalue weighted by atomic mass is 35.5. The molecule has 0 fully saturated rings. The first-order valence-corrected chi connectivity index (χ1v) is 7.48. The molecule has 0 bridgehead atoms. The summed E-state index contributed by atoms with van der Waals surface area (Å²) in [5, 5.41) is 0.969. The summed E-state index contributed by atoms with van der Waals surface area (Å²) in [5.41, 5.74) is 2.11. The summed E-state index contributed by atoms with van der Waals surface area (Å²) in [5.74, 6) is -0.0841. The van der Waals surface area contributed by atoms with Crippen molar-refractivity contribution in [2.24, 2.45) is 0 Å². The molecule has 0 N–H and O–H groups in total. The second-order valence-corrected chi connectivity index (χ2v) is 5.56. The van der Waals surface area contributed by atoms with Gasteiger partial charge in [-0.25, -0.2) is 9.78 Å². The summed E-state index contributed by atoms with van der Waals surface area (Å²) in [6.45, 7) is 3.66. The van der Waals surface area contributed by atoms with Crippen molar-refractivity contribution in [1.29, 1.82) is 0 Å². The number of halogens is 2. The first kappa shape index (κ1) is 15.6. The molecule has 3 aromatic rings. The second kappa shape index (κ2) is 6.44.